The van der Waals surface area contributed by atoms with Gasteiger partial charge >= 0.3 is 18.0 Å². The zero-order chi connectivity index (χ0) is 33.1. The molecule has 0 atom stereocenters. The summed E-state index contributed by atoms with van der Waals surface area (Å²) in [6, 6.07) is 1.49. The Morgan fingerprint density at radius 2 is 1.56 bits per heavy atom. The highest BCUT2D eigenvalue weighted by molar-refractivity contribution is 7.15. The van der Waals surface area contributed by atoms with E-state index in [1.807, 2.05) is 41.5 Å². The number of carboxylic acids is 1. The van der Waals surface area contributed by atoms with Gasteiger partial charge < -0.3 is 24.8 Å². The lowest BCUT2D eigenvalue weighted by atomic mass is 9.81. The Morgan fingerprint density at radius 3 is 2.11 bits per heavy atom. The number of carboxylic acid groups (broad SMARTS) is 1. The van der Waals surface area contributed by atoms with Gasteiger partial charge in [0.2, 0.25) is 5.91 Å². The van der Waals surface area contributed by atoms with Crippen molar-refractivity contribution in [3.63, 3.8) is 0 Å². The second-order valence-electron chi connectivity index (χ2n) is 15.2. The SMILES string of the molecule is CC(C)(C)C#Cc1cc(N(C(=O)[C@H]2CC[C@H](C)CC2)C2CCC(NC(=O)OC3CC(C(=O)OC(C)(C)C)C3)CC2)c(C(=O)O)s1. The number of aromatic carboxylic acids is 1. The van der Waals surface area contributed by atoms with Gasteiger partial charge in [-0.05, 0) is 118 Å². The maximum atomic E-state index is 14.2. The number of esters is 1. The molecule has 2 N–H and O–H groups in total. The predicted molar refractivity (Wildman–Crippen MR) is 174 cm³/mol. The van der Waals surface area contributed by atoms with Crippen LogP contribution >= 0.6 is 11.3 Å². The maximum absolute atomic E-state index is 14.2. The molecule has 0 aromatic carbocycles. The summed E-state index contributed by atoms with van der Waals surface area (Å²) in [6.07, 6.45) is 6.22. The van der Waals surface area contributed by atoms with E-state index < -0.39 is 17.7 Å². The van der Waals surface area contributed by atoms with E-state index in [1.165, 1.54) is 0 Å². The van der Waals surface area contributed by atoms with Crippen molar-refractivity contribution in [1.82, 2.24) is 5.32 Å². The van der Waals surface area contributed by atoms with Crippen LogP contribution in [0.5, 0.6) is 0 Å². The van der Waals surface area contributed by atoms with Crippen LogP contribution in [0.15, 0.2) is 6.07 Å². The summed E-state index contributed by atoms with van der Waals surface area (Å²) in [6.45, 7) is 13.7. The minimum atomic E-state index is -1.06. The second-order valence-corrected chi connectivity index (χ2v) is 16.2. The summed E-state index contributed by atoms with van der Waals surface area (Å²) in [5, 5.41) is 13.1. The van der Waals surface area contributed by atoms with E-state index in [0.29, 0.717) is 55.0 Å². The average Bonchev–Trinajstić information content (AvgIpc) is 3.33. The van der Waals surface area contributed by atoms with Gasteiger partial charge in [0.15, 0.2) is 0 Å². The third-order valence-corrected chi connectivity index (χ3v) is 9.85. The summed E-state index contributed by atoms with van der Waals surface area (Å²) in [5.41, 5.74) is -0.350. The first-order valence-corrected chi connectivity index (χ1v) is 17.2. The number of nitrogens with one attached hydrogen (secondary N) is 1. The van der Waals surface area contributed by atoms with Crippen LogP contribution in [-0.4, -0.2) is 52.8 Å². The third-order valence-electron chi connectivity index (χ3n) is 8.82. The van der Waals surface area contributed by atoms with E-state index in [4.69, 9.17) is 9.47 Å². The van der Waals surface area contributed by atoms with Gasteiger partial charge in [-0.1, -0.05) is 18.8 Å². The lowest BCUT2D eigenvalue weighted by Crippen LogP contribution is -2.49. The summed E-state index contributed by atoms with van der Waals surface area (Å²) >= 11 is 1.12. The molecule has 0 spiro atoms. The van der Waals surface area contributed by atoms with Gasteiger partial charge in [-0.3, -0.25) is 9.59 Å². The molecule has 0 radical (unpaired) electrons. The highest BCUT2D eigenvalue weighted by Gasteiger charge is 2.41. The highest BCUT2D eigenvalue weighted by Crippen LogP contribution is 2.39. The third kappa shape index (κ3) is 9.71. The molecule has 9 nitrogen and oxygen atoms in total. The molecule has 4 rings (SSSR count). The molecule has 2 amide bonds. The summed E-state index contributed by atoms with van der Waals surface area (Å²) in [5.74, 6) is 5.20. The van der Waals surface area contributed by atoms with Crippen molar-refractivity contribution in [2.45, 2.75) is 136 Å². The van der Waals surface area contributed by atoms with Crippen molar-refractivity contribution in [3.8, 4) is 11.8 Å². The van der Waals surface area contributed by atoms with Gasteiger partial charge in [0.1, 0.15) is 16.6 Å². The van der Waals surface area contributed by atoms with E-state index in [2.05, 4.69) is 24.1 Å². The van der Waals surface area contributed by atoms with Crippen LogP contribution in [0, 0.1) is 35.0 Å². The number of amides is 2. The standard InChI is InChI=1S/C35H50N2O7S/c1-21-8-10-22(11-9-21)30(38)37(28-20-27(16-17-34(2,3)4)45-29(28)31(39)40)25-14-12-24(13-15-25)36-33(42)43-26-18-23(19-26)32(41)44-35(5,6)7/h20-26H,8-15,18-19H2,1-7H3,(H,36,42)(H,39,40)/t21-,22-,23?,24?,25?,26?. The minimum absolute atomic E-state index is 0.00197. The Hall–Kier alpha value is -3.06. The molecule has 3 aliphatic carbocycles. The van der Waals surface area contributed by atoms with Crippen LogP contribution in [-0.2, 0) is 19.1 Å². The molecule has 3 saturated carbocycles. The first-order chi connectivity index (χ1) is 21.0. The van der Waals surface area contributed by atoms with Crippen molar-refractivity contribution in [1.29, 1.82) is 0 Å². The fourth-order valence-corrected chi connectivity index (χ4v) is 7.13. The van der Waals surface area contributed by atoms with Gasteiger partial charge in [-0.15, -0.1) is 11.3 Å². The number of anilines is 1. The number of ether oxygens (including phenoxy) is 2. The minimum Gasteiger partial charge on any atom is -0.477 e. The summed E-state index contributed by atoms with van der Waals surface area (Å²) in [7, 11) is 0. The van der Waals surface area contributed by atoms with Crippen LogP contribution in [0.4, 0.5) is 10.5 Å². The second kappa shape index (κ2) is 14.1. The fourth-order valence-electron chi connectivity index (χ4n) is 6.29. The molecule has 3 fully saturated rings. The van der Waals surface area contributed by atoms with Crippen LogP contribution < -0.4 is 10.2 Å². The molecule has 0 unspecified atom stereocenters. The topological polar surface area (TPSA) is 122 Å². The van der Waals surface area contributed by atoms with Crippen molar-refractivity contribution >= 4 is 41.0 Å². The number of alkyl carbamates (subject to hydrolysis) is 1. The Labute approximate surface area is 271 Å². The first kappa shape index (κ1) is 34.8. The largest absolute Gasteiger partial charge is 0.477 e. The van der Waals surface area contributed by atoms with E-state index in [9.17, 15) is 24.3 Å². The van der Waals surface area contributed by atoms with E-state index in [0.717, 1.165) is 37.0 Å². The van der Waals surface area contributed by atoms with E-state index in [-0.39, 0.29) is 52.2 Å². The van der Waals surface area contributed by atoms with Gasteiger partial charge in [-0.2, -0.15) is 0 Å². The molecule has 0 saturated heterocycles. The maximum Gasteiger partial charge on any atom is 0.407 e. The Kier molecular flexibility index (Phi) is 10.9. The lowest BCUT2D eigenvalue weighted by Gasteiger charge is -2.40. The van der Waals surface area contributed by atoms with Crippen molar-refractivity contribution in [2.75, 3.05) is 4.90 Å². The smallest absolute Gasteiger partial charge is 0.407 e. The normalized spacial score (nSPS) is 26.8. The molecule has 1 heterocycles. The molecule has 1 aromatic heterocycles. The fraction of sp³-hybridized carbons (Fsp3) is 0.714. The number of carbonyl (C=O) groups is 4. The molecule has 0 aliphatic heterocycles. The van der Waals surface area contributed by atoms with Crippen molar-refractivity contribution in [2.24, 2.45) is 23.2 Å². The highest BCUT2D eigenvalue weighted by atomic mass is 32.1. The molecule has 10 heteroatoms. The average molecular weight is 643 g/mol. The quantitative estimate of drug-likeness (QED) is 0.239. The van der Waals surface area contributed by atoms with Crippen LogP contribution in [0.25, 0.3) is 0 Å². The number of rotatable bonds is 7. The number of hydrogen-bond acceptors (Lipinski definition) is 7. The van der Waals surface area contributed by atoms with Crippen molar-refractivity contribution < 1.29 is 33.8 Å². The molecule has 3 aliphatic rings. The molecule has 248 valence electrons. The van der Waals surface area contributed by atoms with Gasteiger partial charge in [-0.25, -0.2) is 9.59 Å². The number of hydrogen-bond donors (Lipinski definition) is 2. The lowest BCUT2D eigenvalue weighted by molar-refractivity contribution is -0.167. The van der Waals surface area contributed by atoms with Crippen LogP contribution in [0.3, 0.4) is 0 Å². The zero-order valence-electron chi connectivity index (χ0n) is 27.9. The molecule has 45 heavy (non-hydrogen) atoms. The van der Waals surface area contributed by atoms with E-state index in [1.54, 1.807) is 11.0 Å². The number of nitrogens with zero attached hydrogens (tertiary/aromatic N) is 1. The predicted octanol–water partition coefficient (Wildman–Crippen LogP) is 7.16. The number of carbonyl (C=O) groups excluding carboxylic acids is 3. The van der Waals surface area contributed by atoms with Crippen LogP contribution in [0.1, 0.15) is 127 Å². The molecular weight excluding hydrogens is 592 g/mol. The Morgan fingerprint density at radius 1 is 0.933 bits per heavy atom. The van der Waals surface area contributed by atoms with Crippen LogP contribution in [0.2, 0.25) is 0 Å². The first-order valence-electron chi connectivity index (χ1n) is 16.4. The van der Waals surface area contributed by atoms with Gasteiger partial charge in [0, 0.05) is 23.4 Å². The summed E-state index contributed by atoms with van der Waals surface area (Å²) in [4.78, 5) is 54.0. The van der Waals surface area contributed by atoms with Crippen molar-refractivity contribution in [3.05, 3.63) is 15.8 Å². The zero-order valence-corrected chi connectivity index (χ0v) is 28.7. The molecule has 0 bridgehead atoms. The molecular formula is C35H50N2O7S. The van der Waals surface area contributed by atoms with E-state index >= 15 is 0 Å². The van der Waals surface area contributed by atoms with Gasteiger partial charge in [0.05, 0.1) is 16.5 Å². The van der Waals surface area contributed by atoms with Gasteiger partial charge in [0.25, 0.3) is 0 Å². The Balaban J connectivity index is 1.41. The number of thiophene rings is 1. The monoisotopic (exact) mass is 642 g/mol. The summed E-state index contributed by atoms with van der Waals surface area (Å²) < 4.78 is 11.0. The molecule has 1 aromatic rings. The Bertz CT molecular complexity index is 1310.